The van der Waals surface area contributed by atoms with Gasteiger partial charge in [0.1, 0.15) is 5.60 Å². The molecule has 2 aromatic heterocycles. The summed E-state index contributed by atoms with van der Waals surface area (Å²) in [5, 5.41) is 18.7. The molecule has 0 radical (unpaired) electrons. The Bertz CT molecular complexity index is 841. The summed E-state index contributed by atoms with van der Waals surface area (Å²) in [5.41, 5.74) is 0.680. The number of ether oxygens (including phenoxy) is 2. The molecule has 8 heteroatoms. The summed E-state index contributed by atoms with van der Waals surface area (Å²) in [6.07, 6.45) is 7.04. The van der Waals surface area contributed by atoms with Crippen molar-refractivity contribution in [3.8, 4) is 11.3 Å². The first-order chi connectivity index (χ1) is 14.1. The molecule has 0 unspecified atom stereocenters. The molecule has 1 aliphatic carbocycles. The van der Waals surface area contributed by atoms with Crippen LogP contribution in [0.5, 0.6) is 0 Å². The number of nitrogens with zero attached hydrogens (tertiary/aromatic N) is 3. The van der Waals surface area contributed by atoms with E-state index >= 15 is 0 Å². The van der Waals surface area contributed by atoms with Crippen LogP contribution < -0.4 is 10.9 Å². The molecular formula is C21H28N4O4. The smallest absolute Gasteiger partial charge is 0.267 e. The van der Waals surface area contributed by atoms with E-state index < -0.39 is 5.60 Å². The monoisotopic (exact) mass is 400 g/mol. The van der Waals surface area contributed by atoms with Crippen LogP contribution in [0.15, 0.2) is 41.5 Å². The quantitative estimate of drug-likeness (QED) is 0.777. The molecule has 1 saturated heterocycles. The van der Waals surface area contributed by atoms with E-state index in [1.165, 1.54) is 0 Å². The highest BCUT2D eigenvalue weighted by molar-refractivity contribution is 5.57. The maximum atomic E-state index is 12.4. The van der Waals surface area contributed by atoms with Gasteiger partial charge >= 0.3 is 0 Å². The molecule has 0 aromatic carbocycles. The van der Waals surface area contributed by atoms with E-state index in [0.29, 0.717) is 25.8 Å². The predicted molar refractivity (Wildman–Crippen MR) is 108 cm³/mol. The Morgan fingerprint density at radius 1 is 1.07 bits per heavy atom. The lowest BCUT2D eigenvalue weighted by atomic mass is 9.90. The van der Waals surface area contributed by atoms with E-state index in [-0.39, 0.29) is 24.8 Å². The largest absolute Gasteiger partial charge is 0.384 e. The summed E-state index contributed by atoms with van der Waals surface area (Å²) in [6, 6.07) is 7.54. The van der Waals surface area contributed by atoms with Gasteiger partial charge in [-0.05, 0) is 43.9 Å². The summed E-state index contributed by atoms with van der Waals surface area (Å²) >= 11 is 0. The molecule has 1 aliphatic heterocycles. The van der Waals surface area contributed by atoms with Crippen LogP contribution in [0.25, 0.3) is 11.3 Å². The van der Waals surface area contributed by atoms with Crippen molar-refractivity contribution < 1.29 is 14.6 Å². The maximum absolute atomic E-state index is 12.4. The molecule has 3 heterocycles. The van der Waals surface area contributed by atoms with Gasteiger partial charge in [-0.25, -0.2) is 4.68 Å². The molecule has 0 atom stereocenters. The molecule has 2 aliphatic rings. The highest BCUT2D eigenvalue weighted by atomic mass is 16.6. The van der Waals surface area contributed by atoms with Crippen LogP contribution in [0.2, 0.25) is 0 Å². The molecule has 4 rings (SSSR count). The minimum absolute atomic E-state index is 0.0683. The first-order valence-corrected chi connectivity index (χ1v) is 10.2. The zero-order valence-corrected chi connectivity index (χ0v) is 16.5. The lowest BCUT2D eigenvalue weighted by Gasteiger charge is -2.33. The average Bonchev–Trinajstić information content (AvgIpc) is 2.99. The number of hydrogen-bond acceptors (Lipinski definition) is 7. The normalized spacial score (nSPS) is 24.7. The summed E-state index contributed by atoms with van der Waals surface area (Å²) in [4.78, 5) is 16.4. The number of rotatable bonds is 5. The van der Waals surface area contributed by atoms with Gasteiger partial charge in [-0.15, -0.1) is 0 Å². The Morgan fingerprint density at radius 3 is 2.45 bits per heavy atom. The van der Waals surface area contributed by atoms with Crippen molar-refractivity contribution >= 4 is 0 Å². The lowest BCUT2D eigenvalue weighted by Crippen LogP contribution is -2.50. The van der Waals surface area contributed by atoms with Crippen molar-refractivity contribution in [1.82, 2.24) is 20.1 Å². The van der Waals surface area contributed by atoms with E-state index in [9.17, 15) is 9.90 Å². The van der Waals surface area contributed by atoms with Crippen molar-refractivity contribution in [3.63, 3.8) is 0 Å². The van der Waals surface area contributed by atoms with E-state index in [4.69, 9.17) is 9.47 Å². The minimum atomic E-state index is -0.981. The number of aliphatic hydroxyl groups is 1. The molecule has 8 nitrogen and oxygen atoms in total. The highest BCUT2D eigenvalue weighted by Crippen LogP contribution is 2.28. The van der Waals surface area contributed by atoms with Gasteiger partial charge in [0.2, 0.25) is 0 Å². The Morgan fingerprint density at radius 2 is 1.76 bits per heavy atom. The molecule has 2 fully saturated rings. The molecule has 1 saturated carbocycles. The average molecular weight is 400 g/mol. The molecule has 0 bridgehead atoms. The van der Waals surface area contributed by atoms with Gasteiger partial charge < -0.3 is 19.9 Å². The molecule has 29 heavy (non-hydrogen) atoms. The zero-order chi connectivity index (χ0) is 20.1. The molecule has 2 aromatic rings. The van der Waals surface area contributed by atoms with Gasteiger partial charge in [-0.3, -0.25) is 9.78 Å². The van der Waals surface area contributed by atoms with Crippen molar-refractivity contribution in [2.75, 3.05) is 33.0 Å². The summed E-state index contributed by atoms with van der Waals surface area (Å²) in [5.74, 6) is 0. The molecule has 2 N–H and O–H groups in total. The molecule has 0 amide bonds. The van der Waals surface area contributed by atoms with E-state index in [1.807, 2.05) is 12.1 Å². The number of pyridine rings is 1. The first kappa shape index (κ1) is 20.2. The highest BCUT2D eigenvalue weighted by Gasteiger charge is 2.31. The Kier molecular flexibility index (Phi) is 6.34. The van der Waals surface area contributed by atoms with E-state index in [0.717, 1.165) is 36.9 Å². The predicted octanol–water partition coefficient (Wildman–Crippen LogP) is 1.16. The summed E-state index contributed by atoms with van der Waals surface area (Å²) in [6.45, 7) is 2.06. The number of aromatic nitrogens is 3. The summed E-state index contributed by atoms with van der Waals surface area (Å²) < 4.78 is 12.5. The summed E-state index contributed by atoms with van der Waals surface area (Å²) in [7, 11) is 0. The standard InChI is InChI=1S/C21H28N4O4/c26-20-6-5-19(16-7-9-22-10-8-16)24-25(20)18-3-1-17(2-4-18)23-13-21(27)14-28-11-12-29-15-21/h5-10,17-18,23,27H,1-4,11-15H2. The molecule has 156 valence electrons. The van der Waals surface area contributed by atoms with E-state index in [1.54, 1.807) is 29.2 Å². The fourth-order valence-electron chi connectivity index (χ4n) is 4.01. The lowest BCUT2D eigenvalue weighted by molar-refractivity contribution is -0.0551. The van der Waals surface area contributed by atoms with Gasteiger partial charge in [0, 0.05) is 36.6 Å². The SMILES string of the molecule is O=c1ccc(-c2ccncc2)nn1C1CCC(NCC2(O)COCCOC2)CC1. The van der Waals surface area contributed by atoms with Crippen molar-refractivity contribution in [2.45, 2.75) is 43.4 Å². The van der Waals surface area contributed by atoms with Crippen molar-refractivity contribution in [3.05, 3.63) is 47.0 Å². The number of nitrogens with one attached hydrogen (secondary N) is 1. The van der Waals surface area contributed by atoms with E-state index in [2.05, 4.69) is 15.4 Å². The van der Waals surface area contributed by atoms with Crippen molar-refractivity contribution in [1.29, 1.82) is 0 Å². The van der Waals surface area contributed by atoms with Crippen LogP contribution >= 0.6 is 0 Å². The van der Waals surface area contributed by atoms with Gasteiger partial charge in [0.15, 0.2) is 0 Å². The van der Waals surface area contributed by atoms with Gasteiger partial charge in [0.05, 0.1) is 38.2 Å². The molecular weight excluding hydrogens is 372 g/mol. The third-order valence-corrected chi connectivity index (χ3v) is 5.68. The number of hydrogen-bond donors (Lipinski definition) is 2. The Hall–Kier alpha value is -2.13. The second kappa shape index (κ2) is 9.13. The van der Waals surface area contributed by atoms with Gasteiger partial charge in [0.25, 0.3) is 5.56 Å². The fraction of sp³-hybridized carbons (Fsp3) is 0.571. The minimum Gasteiger partial charge on any atom is -0.384 e. The fourth-order valence-corrected chi connectivity index (χ4v) is 4.01. The Labute approximate surface area is 169 Å². The topological polar surface area (TPSA) is 98.5 Å². The third-order valence-electron chi connectivity index (χ3n) is 5.68. The Balaban J connectivity index is 1.35. The van der Waals surface area contributed by atoms with Crippen LogP contribution in [0, 0.1) is 0 Å². The third kappa shape index (κ3) is 5.08. The van der Waals surface area contributed by atoms with Gasteiger partial charge in [-0.1, -0.05) is 0 Å². The first-order valence-electron chi connectivity index (χ1n) is 10.2. The second-order valence-electron chi connectivity index (χ2n) is 7.95. The van der Waals surface area contributed by atoms with Crippen LogP contribution in [0.4, 0.5) is 0 Å². The second-order valence-corrected chi connectivity index (χ2v) is 7.95. The van der Waals surface area contributed by atoms with Crippen molar-refractivity contribution in [2.24, 2.45) is 0 Å². The molecule has 0 spiro atoms. The van der Waals surface area contributed by atoms with Gasteiger partial charge in [-0.2, -0.15) is 5.10 Å². The van der Waals surface area contributed by atoms with Crippen LogP contribution in [0.1, 0.15) is 31.7 Å². The van der Waals surface area contributed by atoms with Crippen LogP contribution in [0.3, 0.4) is 0 Å². The maximum Gasteiger partial charge on any atom is 0.267 e. The zero-order valence-electron chi connectivity index (χ0n) is 16.5. The van der Waals surface area contributed by atoms with Crippen LogP contribution in [-0.2, 0) is 9.47 Å². The van der Waals surface area contributed by atoms with Crippen LogP contribution in [-0.4, -0.2) is 64.5 Å².